The molecule has 158 valence electrons. The minimum atomic E-state index is -0.728. The van der Waals surface area contributed by atoms with Crippen LogP contribution in [0.15, 0.2) is 66.7 Å². The van der Waals surface area contributed by atoms with Crippen molar-refractivity contribution in [3.8, 4) is 0 Å². The highest BCUT2D eigenvalue weighted by atomic mass is 19.1. The summed E-state index contributed by atoms with van der Waals surface area (Å²) in [5.41, 5.74) is 1.04. The van der Waals surface area contributed by atoms with Gasteiger partial charge in [0.2, 0.25) is 5.91 Å². The number of aliphatic hydroxyl groups is 1. The molecule has 0 saturated heterocycles. The number of amides is 3. The third-order valence-electron chi connectivity index (χ3n) is 4.60. The summed E-state index contributed by atoms with van der Waals surface area (Å²) in [6.07, 6.45) is 2.18. The molecule has 7 nitrogen and oxygen atoms in total. The number of halogens is 1. The fourth-order valence-corrected chi connectivity index (χ4v) is 3.06. The van der Waals surface area contributed by atoms with Gasteiger partial charge in [-0.1, -0.05) is 54.6 Å². The van der Waals surface area contributed by atoms with Crippen LogP contribution < -0.4 is 16.0 Å². The van der Waals surface area contributed by atoms with E-state index in [9.17, 15) is 19.1 Å². The molecular formula is C22H24FN3O4. The van der Waals surface area contributed by atoms with Gasteiger partial charge in [0, 0.05) is 6.54 Å². The van der Waals surface area contributed by atoms with E-state index in [0.717, 1.165) is 5.56 Å². The summed E-state index contributed by atoms with van der Waals surface area (Å²) < 4.78 is 19.4. The Labute approximate surface area is 173 Å². The third kappa shape index (κ3) is 6.13. The number of aliphatic hydroxyl groups excluding tert-OH is 1. The number of hydrogen-bond donors (Lipinski definition) is 4. The molecule has 3 amide bonds. The fraction of sp³-hybridized carbons (Fsp3) is 0.273. The van der Waals surface area contributed by atoms with Gasteiger partial charge in [0.25, 0.3) is 0 Å². The van der Waals surface area contributed by atoms with Crippen molar-refractivity contribution in [2.45, 2.75) is 31.2 Å². The average Bonchev–Trinajstić information content (AvgIpc) is 2.75. The van der Waals surface area contributed by atoms with Gasteiger partial charge in [-0.15, -0.1) is 0 Å². The summed E-state index contributed by atoms with van der Waals surface area (Å²) in [6, 6.07) is 14.1. The van der Waals surface area contributed by atoms with Gasteiger partial charge in [0.1, 0.15) is 11.9 Å². The van der Waals surface area contributed by atoms with Gasteiger partial charge < -0.3 is 25.8 Å². The molecule has 4 N–H and O–H groups in total. The first kappa shape index (κ1) is 21.5. The number of rotatable bonds is 7. The maximum Gasteiger partial charge on any atom is 0.319 e. The Morgan fingerprint density at radius 3 is 2.50 bits per heavy atom. The molecule has 8 heteroatoms. The molecule has 2 aromatic carbocycles. The molecule has 0 aromatic heterocycles. The van der Waals surface area contributed by atoms with E-state index >= 15 is 0 Å². The molecular weight excluding hydrogens is 389 g/mol. The molecule has 3 atom stereocenters. The molecule has 1 aliphatic rings. The van der Waals surface area contributed by atoms with Crippen LogP contribution in [-0.2, 0) is 16.1 Å². The number of anilines is 1. The summed E-state index contributed by atoms with van der Waals surface area (Å²) in [6.45, 7) is 0.0665. The fourth-order valence-electron chi connectivity index (χ4n) is 3.06. The maximum atomic E-state index is 13.7. The van der Waals surface area contributed by atoms with E-state index in [4.69, 9.17) is 4.74 Å². The maximum absolute atomic E-state index is 13.7. The standard InChI is InChI=1S/C22H24FN3O4/c23-17-8-4-5-9-18(17)25-22(29)26-19-11-10-16(30-20(19)14-27)12-21(28)24-13-15-6-2-1-3-7-15/h1-11,16,19-20,27H,12-14H2,(H,24,28)(H2,25,26,29)/t16-,19+,20-/m1/s1. The van der Waals surface area contributed by atoms with Crippen LogP contribution >= 0.6 is 0 Å². The second-order valence-electron chi connectivity index (χ2n) is 6.85. The largest absolute Gasteiger partial charge is 0.394 e. The predicted molar refractivity (Wildman–Crippen MR) is 110 cm³/mol. The van der Waals surface area contributed by atoms with Crippen molar-refractivity contribution < 1.29 is 23.8 Å². The van der Waals surface area contributed by atoms with Crippen molar-refractivity contribution in [3.63, 3.8) is 0 Å². The Morgan fingerprint density at radius 2 is 1.77 bits per heavy atom. The number of carbonyl (C=O) groups is 2. The molecule has 0 unspecified atom stereocenters. The quantitative estimate of drug-likeness (QED) is 0.524. The molecule has 0 fully saturated rings. The number of carbonyl (C=O) groups excluding carboxylic acids is 2. The topological polar surface area (TPSA) is 99.7 Å². The van der Waals surface area contributed by atoms with Gasteiger partial charge in [-0.2, -0.15) is 0 Å². The Bertz CT molecular complexity index is 891. The SMILES string of the molecule is O=C(C[C@H]1C=C[C@H](NC(=O)Nc2ccccc2F)[C@@H](CO)O1)NCc1ccccc1. The number of benzene rings is 2. The van der Waals surface area contributed by atoms with Crippen LogP contribution in [0.5, 0.6) is 0 Å². The minimum Gasteiger partial charge on any atom is -0.394 e. The lowest BCUT2D eigenvalue weighted by molar-refractivity contribution is -0.125. The molecule has 3 rings (SSSR count). The zero-order valence-corrected chi connectivity index (χ0v) is 16.3. The Balaban J connectivity index is 1.50. The lowest BCUT2D eigenvalue weighted by atomic mass is 10.0. The summed E-state index contributed by atoms with van der Waals surface area (Å²) in [4.78, 5) is 24.3. The highest BCUT2D eigenvalue weighted by Crippen LogP contribution is 2.17. The molecule has 0 saturated carbocycles. The van der Waals surface area contributed by atoms with Gasteiger partial charge in [0.15, 0.2) is 0 Å². The number of nitrogens with one attached hydrogen (secondary N) is 3. The molecule has 0 aliphatic carbocycles. The molecule has 1 heterocycles. The van der Waals surface area contributed by atoms with E-state index < -0.39 is 30.1 Å². The van der Waals surface area contributed by atoms with Crippen LogP contribution in [0.4, 0.5) is 14.9 Å². The number of ether oxygens (including phenoxy) is 1. The Hall–Kier alpha value is -3.23. The van der Waals surface area contributed by atoms with Crippen molar-refractivity contribution in [1.29, 1.82) is 0 Å². The number of hydrogen-bond acceptors (Lipinski definition) is 4. The lowest BCUT2D eigenvalue weighted by Crippen LogP contribution is -2.50. The zero-order valence-electron chi connectivity index (χ0n) is 16.3. The van der Waals surface area contributed by atoms with Gasteiger partial charge in [-0.05, 0) is 17.7 Å². The van der Waals surface area contributed by atoms with E-state index in [2.05, 4.69) is 16.0 Å². The van der Waals surface area contributed by atoms with Crippen LogP contribution in [0.25, 0.3) is 0 Å². The number of para-hydroxylation sites is 1. The molecule has 2 aromatic rings. The third-order valence-corrected chi connectivity index (χ3v) is 4.60. The lowest BCUT2D eigenvalue weighted by Gasteiger charge is -2.31. The van der Waals surface area contributed by atoms with Crippen LogP contribution in [0.1, 0.15) is 12.0 Å². The summed E-state index contributed by atoms with van der Waals surface area (Å²) in [5, 5.41) is 17.5. The van der Waals surface area contributed by atoms with Crippen molar-refractivity contribution in [3.05, 3.63) is 78.1 Å². The highest BCUT2D eigenvalue weighted by Gasteiger charge is 2.29. The summed E-state index contributed by atoms with van der Waals surface area (Å²) >= 11 is 0. The Morgan fingerprint density at radius 1 is 1.03 bits per heavy atom. The van der Waals surface area contributed by atoms with Crippen molar-refractivity contribution in [1.82, 2.24) is 10.6 Å². The molecule has 0 bridgehead atoms. The normalized spacial score (nSPS) is 20.4. The average molecular weight is 413 g/mol. The van der Waals surface area contributed by atoms with Crippen LogP contribution in [0, 0.1) is 5.82 Å². The first-order chi connectivity index (χ1) is 14.5. The van der Waals surface area contributed by atoms with Gasteiger partial charge in [-0.25, -0.2) is 9.18 Å². The van der Waals surface area contributed by atoms with Crippen molar-refractivity contribution >= 4 is 17.6 Å². The van der Waals surface area contributed by atoms with Gasteiger partial charge in [-0.3, -0.25) is 4.79 Å². The summed E-state index contributed by atoms with van der Waals surface area (Å²) in [7, 11) is 0. The first-order valence-corrected chi connectivity index (χ1v) is 9.62. The van der Waals surface area contributed by atoms with E-state index in [0.29, 0.717) is 6.54 Å². The van der Waals surface area contributed by atoms with E-state index in [1.165, 1.54) is 18.2 Å². The monoisotopic (exact) mass is 413 g/mol. The summed E-state index contributed by atoms with van der Waals surface area (Å²) in [5.74, 6) is -0.739. The predicted octanol–water partition coefficient (Wildman–Crippen LogP) is 2.34. The number of urea groups is 1. The molecule has 30 heavy (non-hydrogen) atoms. The smallest absolute Gasteiger partial charge is 0.319 e. The van der Waals surface area contributed by atoms with Crippen LogP contribution in [0.2, 0.25) is 0 Å². The Kier molecular flexibility index (Phi) is 7.53. The van der Waals surface area contributed by atoms with E-state index in [-0.39, 0.29) is 24.6 Å². The van der Waals surface area contributed by atoms with E-state index in [1.54, 1.807) is 18.2 Å². The van der Waals surface area contributed by atoms with Crippen molar-refractivity contribution in [2.24, 2.45) is 0 Å². The second-order valence-corrected chi connectivity index (χ2v) is 6.85. The zero-order chi connectivity index (χ0) is 21.3. The van der Waals surface area contributed by atoms with Crippen LogP contribution in [-0.4, -0.2) is 41.9 Å². The van der Waals surface area contributed by atoms with Gasteiger partial charge in [0.05, 0.1) is 30.9 Å². The highest BCUT2D eigenvalue weighted by molar-refractivity contribution is 5.89. The van der Waals surface area contributed by atoms with Crippen LogP contribution in [0.3, 0.4) is 0 Å². The van der Waals surface area contributed by atoms with Gasteiger partial charge >= 0.3 is 6.03 Å². The first-order valence-electron chi connectivity index (χ1n) is 9.62. The van der Waals surface area contributed by atoms with E-state index in [1.807, 2.05) is 30.3 Å². The van der Waals surface area contributed by atoms with Crippen molar-refractivity contribution in [2.75, 3.05) is 11.9 Å². The molecule has 0 spiro atoms. The molecule has 1 aliphatic heterocycles. The minimum absolute atomic E-state index is 0.0456. The molecule has 0 radical (unpaired) electrons. The second kappa shape index (κ2) is 10.5.